The van der Waals surface area contributed by atoms with Crippen molar-refractivity contribution in [3.8, 4) is 5.75 Å². The molecule has 2 unspecified atom stereocenters. The molecule has 0 bridgehead atoms. The van der Waals surface area contributed by atoms with E-state index in [1.54, 1.807) is 27.7 Å². The van der Waals surface area contributed by atoms with Gasteiger partial charge in [0.15, 0.2) is 17.4 Å². The van der Waals surface area contributed by atoms with Crippen molar-refractivity contribution in [3.05, 3.63) is 64.7 Å². The Morgan fingerprint density at radius 3 is 2.20 bits per heavy atom. The maximum atomic E-state index is 14.2. The first-order valence-corrected chi connectivity index (χ1v) is 15.0. The zero-order valence-corrected chi connectivity index (χ0v) is 26.9. The smallest absolute Gasteiger partial charge is 0.308 e. The third-order valence-corrected chi connectivity index (χ3v) is 7.35. The van der Waals surface area contributed by atoms with Crippen LogP contribution in [0.1, 0.15) is 85.3 Å². The van der Waals surface area contributed by atoms with Gasteiger partial charge in [-0.3, -0.25) is 14.9 Å². The molecule has 2 aromatic rings. The molecule has 3 N–H and O–H groups in total. The fraction of sp³-hybridized carbons (Fsp3) is 0.576. The maximum Gasteiger partial charge on any atom is 0.308 e. The fourth-order valence-electron chi connectivity index (χ4n) is 5.22. The molecule has 4 atom stereocenters. The van der Waals surface area contributed by atoms with Crippen molar-refractivity contribution in [3.63, 3.8) is 0 Å². The summed E-state index contributed by atoms with van der Waals surface area (Å²) in [5, 5.41) is 16.9. The van der Waals surface area contributed by atoms with Crippen molar-refractivity contribution in [2.24, 2.45) is 0 Å². The molecular formula is C33H44F4N2O6. The highest BCUT2D eigenvalue weighted by Gasteiger charge is 2.41. The maximum absolute atomic E-state index is 14.2. The molecule has 1 heterocycles. The van der Waals surface area contributed by atoms with Gasteiger partial charge < -0.3 is 24.6 Å². The van der Waals surface area contributed by atoms with Gasteiger partial charge in [0.1, 0.15) is 24.0 Å². The molecule has 3 rings (SSSR count). The topological polar surface area (TPSA) is 106 Å². The summed E-state index contributed by atoms with van der Waals surface area (Å²) in [4.78, 5) is 26.3. The Morgan fingerprint density at radius 2 is 1.64 bits per heavy atom. The number of hydrogen-bond acceptors (Lipinski definition) is 7. The number of carbonyl (C=O) groups excluding carboxylic acids is 2. The highest BCUT2D eigenvalue weighted by Crippen LogP contribution is 2.39. The molecule has 0 spiro atoms. The van der Waals surface area contributed by atoms with E-state index in [1.807, 2.05) is 24.3 Å². The molecule has 1 aliphatic rings. The Kier molecular flexibility index (Phi) is 11.7. The van der Waals surface area contributed by atoms with Crippen LogP contribution in [0.4, 0.5) is 17.6 Å². The van der Waals surface area contributed by atoms with E-state index in [1.165, 1.54) is 0 Å². The van der Waals surface area contributed by atoms with Gasteiger partial charge in [-0.1, -0.05) is 45.0 Å². The summed E-state index contributed by atoms with van der Waals surface area (Å²) in [5.41, 5.74) is -0.197. The van der Waals surface area contributed by atoms with Crippen LogP contribution in [0.15, 0.2) is 30.3 Å². The average molecular weight is 641 g/mol. The van der Waals surface area contributed by atoms with Crippen LogP contribution >= 0.6 is 0 Å². The summed E-state index contributed by atoms with van der Waals surface area (Å²) in [6.45, 7) is 12.3. The quantitative estimate of drug-likeness (QED) is 0.169. The van der Waals surface area contributed by atoms with Crippen LogP contribution in [0.2, 0.25) is 0 Å². The standard InChI is InChI=1S/C33H44F4N2O6/c1-19(39-33(14-10-11-15-44-33)21-13-9-8-12-20(21)31(2,3)4)30(42)38-24(17-26(41)45-32(5,6)7)25(40)18-43-29-27(36)22(34)16-23(35)28(29)37/h8-9,12-13,16,19,24-25,39-40H,10-11,14-15,17-18H2,1-7H3,(H,38,42)/t19-,24-,25?,33?/m0/s1. The van der Waals surface area contributed by atoms with Gasteiger partial charge in [0, 0.05) is 18.2 Å². The summed E-state index contributed by atoms with van der Waals surface area (Å²) in [5.74, 6) is -9.75. The Balaban J connectivity index is 1.85. The third-order valence-electron chi connectivity index (χ3n) is 7.35. The van der Waals surface area contributed by atoms with Crippen LogP contribution < -0.4 is 15.4 Å². The van der Waals surface area contributed by atoms with Gasteiger partial charge in [-0.2, -0.15) is 8.78 Å². The first-order chi connectivity index (χ1) is 20.8. The summed E-state index contributed by atoms with van der Waals surface area (Å²) < 4.78 is 72.2. The second-order valence-electron chi connectivity index (χ2n) is 13.4. The molecule has 1 amide bonds. The Morgan fingerprint density at radius 1 is 1.02 bits per heavy atom. The largest absolute Gasteiger partial charge is 0.485 e. The second-order valence-corrected chi connectivity index (χ2v) is 13.4. The lowest BCUT2D eigenvalue weighted by atomic mass is 9.79. The van der Waals surface area contributed by atoms with E-state index < -0.39 is 83.4 Å². The van der Waals surface area contributed by atoms with Gasteiger partial charge in [0.05, 0.1) is 18.5 Å². The van der Waals surface area contributed by atoms with Gasteiger partial charge >= 0.3 is 5.97 Å². The van der Waals surface area contributed by atoms with Gasteiger partial charge in [0.2, 0.25) is 17.5 Å². The van der Waals surface area contributed by atoms with E-state index in [2.05, 4.69) is 31.4 Å². The zero-order valence-electron chi connectivity index (χ0n) is 26.9. The molecule has 1 aliphatic heterocycles. The minimum Gasteiger partial charge on any atom is -0.485 e. The van der Waals surface area contributed by atoms with Crippen molar-refractivity contribution in [1.82, 2.24) is 10.6 Å². The van der Waals surface area contributed by atoms with Crippen molar-refractivity contribution in [2.45, 2.75) is 109 Å². The number of benzene rings is 2. The van der Waals surface area contributed by atoms with Crippen LogP contribution in [-0.2, 0) is 30.2 Å². The molecule has 8 nitrogen and oxygen atoms in total. The van der Waals surface area contributed by atoms with E-state index in [0.29, 0.717) is 13.0 Å². The van der Waals surface area contributed by atoms with E-state index in [-0.39, 0.29) is 11.5 Å². The number of hydrogen-bond donors (Lipinski definition) is 3. The number of esters is 1. The van der Waals surface area contributed by atoms with Crippen molar-refractivity contribution < 1.29 is 46.5 Å². The van der Waals surface area contributed by atoms with Crippen LogP contribution in [0.3, 0.4) is 0 Å². The summed E-state index contributed by atoms with van der Waals surface area (Å²) >= 11 is 0. The molecule has 12 heteroatoms. The lowest BCUT2D eigenvalue weighted by molar-refractivity contribution is -0.156. The summed E-state index contributed by atoms with van der Waals surface area (Å²) in [6.07, 6.45) is -0.0263. The number of ether oxygens (including phenoxy) is 3. The highest BCUT2D eigenvalue weighted by molar-refractivity contribution is 5.82. The first kappa shape index (κ1) is 36.3. The molecule has 250 valence electrons. The van der Waals surface area contributed by atoms with Crippen LogP contribution in [0.5, 0.6) is 5.75 Å². The average Bonchev–Trinajstić information content (AvgIpc) is 2.94. The third kappa shape index (κ3) is 9.40. The van der Waals surface area contributed by atoms with E-state index in [9.17, 15) is 32.3 Å². The van der Waals surface area contributed by atoms with Gasteiger partial charge in [-0.15, -0.1) is 0 Å². The lowest BCUT2D eigenvalue weighted by Gasteiger charge is -2.43. The Labute approximate surface area is 261 Å². The predicted octanol–water partition coefficient (Wildman–Crippen LogP) is 5.53. The fourth-order valence-corrected chi connectivity index (χ4v) is 5.22. The van der Waals surface area contributed by atoms with Gasteiger partial charge in [-0.05, 0) is 57.9 Å². The van der Waals surface area contributed by atoms with E-state index in [4.69, 9.17) is 14.2 Å². The number of rotatable bonds is 11. The second kappa shape index (κ2) is 14.5. The minimum atomic E-state index is -1.79. The van der Waals surface area contributed by atoms with Crippen molar-refractivity contribution in [1.29, 1.82) is 0 Å². The molecule has 0 aliphatic carbocycles. The molecule has 45 heavy (non-hydrogen) atoms. The van der Waals surface area contributed by atoms with Crippen LogP contribution in [-0.4, -0.2) is 54.0 Å². The van der Waals surface area contributed by atoms with E-state index in [0.717, 1.165) is 24.0 Å². The molecule has 2 aromatic carbocycles. The number of amides is 1. The summed E-state index contributed by atoms with van der Waals surface area (Å²) in [7, 11) is 0. The zero-order chi connectivity index (χ0) is 33.7. The number of aliphatic hydroxyl groups is 1. The molecule has 0 aromatic heterocycles. The molecule has 0 saturated carbocycles. The SMILES string of the molecule is C[C@H](NC1(c2ccccc2C(C)(C)C)CCCCO1)C(=O)N[C@@H](CC(=O)OC(C)(C)C)C(O)COc1c(F)c(F)cc(F)c1F. The van der Waals surface area contributed by atoms with Crippen molar-refractivity contribution in [2.75, 3.05) is 13.2 Å². The first-order valence-electron chi connectivity index (χ1n) is 15.0. The molecule has 1 fully saturated rings. The van der Waals surface area contributed by atoms with Crippen LogP contribution in [0.25, 0.3) is 0 Å². The minimum absolute atomic E-state index is 0.0244. The Bertz CT molecular complexity index is 1330. The lowest BCUT2D eigenvalue weighted by Crippen LogP contribution is -2.58. The number of halogens is 4. The summed E-state index contributed by atoms with van der Waals surface area (Å²) in [6, 6.07) is 5.56. The Hall–Kier alpha value is -3.22. The number of carbonyl (C=O) groups is 2. The van der Waals surface area contributed by atoms with Gasteiger partial charge in [0.25, 0.3) is 0 Å². The highest BCUT2D eigenvalue weighted by atomic mass is 19.2. The normalized spacial score (nSPS) is 19.4. The number of nitrogens with one attached hydrogen (secondary N) is 2. The molecule has 1 saturated heterocycles. The monoisotopic (exact) mass is 640 g/mol. The van der Waals surface area contributed by atoms with E-state index >= 15 is 0 Å². The number of aliphatic hydroxyl groups excluding tert-OH is 1. The molecule has 0 radical (unpaired) electrons. The molecular weight excluding hydrogens is 596 g/mol. The van der Waals surface area contributed by atoms with Gasteiger partial charge in [-0.25, -0.2) is 8.78 Å². The predicted molar refractivity (Wildman–Crippen MR) is 159 cm³/mol. The van der Waals surface area contributed by atoms with Crippen molar-refractivity contribution >= 4 is 11.9 Å². The van der Waals surface area contributed by atoms with Crippen LogP contribution in [0, 0.1) is 23.3 Å².